The van der Waals surface area contributed by atoms with Gasteiger partial charge in [-0.15, -0.1) is 11.3 Å². The van der Waals surface area contributed by atoms with Crippen molar-refractivity contribution < 1.29 is 18.7 Å². The van der Waals surface area contributed by atoms with E-state index in [1.165, 1.54) is 24.7 Å². The molecule has 2 heterocycles. The van der Waals surface area contributed by atoms with Crippen LogP contribution in [0.25, 0.3) is 0 Å². The predicted octanol–water partition coefficient (Wildman–Crippen LogP) is 2.01. The molecule has 0 bridgehead atoms. The summed E-state index contributed by atoms with van der Waals surface area (Å²) >= 11 is 1.25. The van der Waals surface area contributed by atoms with Gasteiger partial charge in [0.1, 0.15) is 5.76 Å². The van der Waals surface area contributed by atoms with Crippen LogP contribution in [0.3, 0.4) is 0 Å². The quantitative estimate of drug-likeness (QED) is 0.866. The highest BCUT2D eigenvalue weighted by Gasteiger charge is 2.14. The smallest absolute Gasteiger partial charge is 0.311 e. The first kappa shape index (κ1) is 13.3. The lowest BCUT2D eigenvalue weighted by Gasteiger charge is -1.99. The molecule has 19 heavy (non-hydrogen) atoms. The van der Waals surface area contributed by atoms with Gasteiger partial charge in [0.2, 0.25) is 0 Å². The molecule has 0 aliphatic rings. The molecule has 0 aliphatic carbocycles. The molecule has 0 aliphatic heterocycles. The molecule has 1 amide bonds. The number of thiazole rings is 1. The number of aryl methyl sites for hydroxylation is 1. The molecule has 6 nitrogen and oxygen atoms in total. The molecule has 0 fully saturated rings. The molecule has 100 valence electrons. The standard InChI is InChI=1S/C12H12N2O4S/c1-7-9(3-4-18-7)11(16)14-12-13-8(6-19-12)5-10(15)17-2/h3-4,6H,5H2,1-2H3,(H,13,14,16). The van der Waals surface area contributed by atoms with E-state index < -0.39 is 0 Å². The number of hydrogen-bond donors (Lipinski definition) is 1. The number of ether oxygens (including phenoxy) is 1. The van der Waals surface area contributed by atoms with E-state index in [0.29, 0.717) is 22.1 Å². The molecule has 0 saturated heterocycles. The fourth-order valence-corrected chi connectivity index (χ4v) is 2.16. The van der Waals surface area contributed by atoms with Gasteiger partial charge in [-0.1, -0.05) is 0 Å². The lowest BCUT2D eigenvalue weighted by atomic mass is 10.2. The van der Waals surface area contributed by atoms with E-state index in [2.05, 4.69) is 15.0 Å². The largest absolute Gasteiger partial charge is 0.469 e. The zero-order valence-electron chi connectivity index (χ0n) is 10.4. The van der Waals surface area contributed by atoms with Gasteiger partial charge in [-0.05, 0) is 13.0 Å². The van der Waals surface area contributed by atoms with E-state index in [4.69, 9.17) is 4.42 Å². The number of nitrogens with zero attached hydrogens (tertiary/aromatic N) is 1. The molecule has 2 aromatic heterocycles. The Kier molecular flexibility index (Phi) is 3.96. The monoisotopic (exact) mass is 280 g/mol. The Labute approximate surface area is 113 Å². The molecular weight excluding hydrogens is 268 g/mol. The summed E-state index contributed by atoms with van der Waals surface area (Å²) in [6.07, 6.45) is 1.54. The van der Waals surface area contributed by atoms with Crippen LogP contribution < -0.4 is 5.32 Å². The van der Waals surface area contributed by atoms with Crippen LogP contribution in [0.5, 0.6) is 0 Å². The molecule has 2 rings (SSSR count). The maximum atomic E-state index is 11.9. The number of furan rings is 1. The van der Waals surface area contributed by atoms with Crippen molar-refractivity contribution in [1.82, 2.24) is 4.98 Å². The van der Waals surface area contributed by atoms with Crippen molar-refractivity contribution in [2.45, 2.75) is 13.3 Å². The zero-order chi connectivity index (χ0) is 13.8. The number of anilines is 1. The van der Waals surface area contributed by atoms with Crippen molar-refractivity contribution in [3.63, 3.8) is 0 Å². The van der Waals surface area contributed by atoms with E-state index in [0.717, 1.165) is 0 Å². The molecule has 0 radical (unpaired) electrons. The first-order valence-corrected chi connectivity index (χ1v) is 6.34. The van der Waals surface area contributed by atoms with Gasteiger partial charge in [0.05, 0.1) is 31.1 Å². The molecule has 0 spiro atoms. The maximum Gasteiger partial charge on any atom is 0.311 e. The van der Waals surface area contributed by atoms with Gasteiger partial charge in [-0.25, -0.2) is 4.98 Å². The molecule has 0 atom stereocenters. The number of esters is 1. The summed E-state index contributed by atoms with van der Waals surface area (Å²) in [7, 11) is 1.32. The highest BCUT2D eigenvalue weighted by Crippen LogP contribution is 2.18. The summed E-state index contributed by atoms with van der Waals surface area (Å²) in [5.41, 5.74) is 1.03. The van der Waals surface area contributed by atoms with Crippen molar-refractivity contribution in [3.8, 4) is 0 Å². The minimum absolute atomic E-state index is 0.0909. The Bertz CT molecular complexity index is 602. The van der Waals surface area contributed by atoms with Crippen molar-refractivity contribution in [2.75, 3.05) is 12.4 Å². The van der Waals surface area contributed by atoms with Gasteiger partial charge in [0, 0.05) is 5.38 Å². The minimum Gasteiger partial charge on any atom is -0.469 e. The van der Waals surface area contributed by atoms with Crippen LogP contribution in [0, 0.1) is 6.92 Å². The van der Waals surface area contributed by atoms with Crippen molar-refractivity contribution in [2.24, 2.45) is 0 Å². The van der Waals surface area contributed by atoms with E-state index in [9.17, 15) is 9.59 Å². The number of hydrogen-bond acceptors (Lipinski definition) is 6. The lowest BCUT2D eigenvalue weighted by Crippen LogP contribution is -2.12. The lowest BCUT2D eigenvalue weighted by molar-refractivity contribution is -0.139. The van der Waals surface area contributed by atoms with Crippen molar-refractivity contribution in [3.05, 3.63) is 34.7 Å². The maximum absolute atomic E-state index is 11.9. The summed E-state index contributed by atoms with van der Waals surface area (Å²) in [5, 5.41) is 4.79. The molecule has 0 aromatic carbocycles. The second-order valence-electron chi connectivity index (χ2n) is 3.74. The number of aromatic nitrogens is 1. The summed E-state index contributed by atoms with van der Waals surface area (Å²) in [6.45, 7) is 1.71. The van der Waals surface area contributed by atoms with E-state index in [1.807, 2.05) is 0 Å². The van der Waals surface area contributed by atoms with Gasteiger partial charge >= 0.3 is 5.97 Å². The Morgan fingerprint density at radius 2 is 2.32 bits per heavy atom. The second-order valence-corrected chi connectivity index (χ2v) is 4.60. The number of carbonyl (C=O) groups excluding carboxylic acids is 2. The third-order valence-electron chi connectivity index (χ3n) is 2.43. The summed E-state index contributed by atoms with van der Waals surface area (Å²) in [6, 6.07) is 1.59. The molecule has 1 N–H and O–H groups in total. The summed E-state index contributed by atoms with van der Waals surface area (Å²) < 4.78 is 9.60. The number of rotatable bonds is 4. The van der Waals surface area contributed by atoms with Crippen LogP contribution >= 0.6 is 11.3 Å². The van der Waals surface area contributed by atoms with Crippen LogP contribution in [-0.4, -0.2) is 24.0 Å². The molecule has 2 aromatic rings. The predicted molar refractivity (Wildman–Crippen MR) is 69.2 cm³/mol. The number of methoxy groups -OCH3 is 1. The van der Waals surface area contributed by atoms with Crippen LogP contribution in [-0.2, 0) is 16.0 Å². The van der Waals surface area contributed by atoms with Crippen LogP contribution in [0.4, 0.5) is 5.13 Å². The molecule has 0 saturated carbocycles. The van der Waals surface area contributed by atoms with E-state index >= 15 is 0 Å². The van der Waals surface area contributed by atoms with Gasteiger partial charge in [-0.2, -0.15) is 0 Å². The number of carbonyl (C=O) groups is 2. The Balaban J connectivity index is 2.02. The Morgan fingerprint density at radius 3 is 2.95 bits per heavy atom. The third-order valence-corrected chi connectivity index (χ3v) is 3.24. The highest BCUT2D eigenvalue weighted by molar-refractivity contribution is 7.14. The molecular formula is C12H12N2O4S. The second kappa shape index (κ2) is 5.66. The fraction of sp³-hybridized carbons (Fsp3) is 0.250. The van der Waals surface area contributed by atoms with Crippen LogP contribution in [0.2, 0.25) is 0 Å². The minimum atomic E-state index is -0.367. The average Bonchev–Trinajstić information content (AvgIpc) is 2.98. The van der Waals surface area contributed by atoms with E-state index in [1.54, 1.807) is 18.4 Å². The number of amides is 1. The van der Waals surface area contributed by atoms with Crippen LogP contribution in [0.1, 0.15) is 21.8 Å². The van der Waals surface area contributed by atoms with E-state index in [-0.39, 0.29) is 18.3 Å². The van der Waals surface area contributed by atoms with Gasteiger partial charge in [0.15, 0.2) is 5.13 Å². The molecule has 7 heteroatoms. The normalized spacial score (nSPS) is 10.2. The SMILES string of the molecule is COC(=O)Cc1csc(NC(=O)c2ccoc2C)n1. The average molecular weight is 280 g/mol. The highest BCUT2D eigenvalue weighted by atomic mass is 32.1. The fourth-order valence-electron chi connectivity index (χ4n) is 1.45. The van der Waals surface area contributed by atoms with Crippen molar-refractivity contribution in [1.29, 1.82) is 0 Å². The summed E-state index contributed by atoms with van der Waals surface area (Å²) in [4.78, 5) is 27.1. The number of nitrogens with one attached hydrogen (secondary N) is 1. The Hall–Kier alpha value is -2.15. The zero-order valence-corrected chi connectivity index (χ0v) is 11.2. The first-order valence-electron chi connectivity index (χ1n) is 5.47. The van der Waals surface area contributed by atoms with Gasteiger partial charge in [0.25, 0.3) is 5.91 Å². The van der Waals surface area contributed by atoms with Gasteiger partial charge in [-0.3, -0.25) is 14.9 Å². The topological polar surface area (TPSA) is 81.4 Å². The third kappa shape index (κ3) is 3.19. The first-order chi connectivity index (χ1) is 9.10. The summed E-state index contributed by atoms with van der Waals surface area (Å²) in [5.74, 6) is -0.108. The molecule has 0 unspecified atom stereocenters. The Morgan fingerprint density at radius 1 is 1.53 bits per heavy atom. The van der Waals surface area contributed by atoms with Crippen molar-refractivity contribution >= 4 is 28.3 Å². The van der Waals surface area contributed by atoms with Crippen LogP contribution in [0.15, 0.2) is 22.1 Å². The van der Waals surface area contributed by atoms with Gasteiger partial charge < -0.3 is 9.15 Å².